The van der Waals surface area contributed by atoms with Crippen LogP contribution in [0.1, 0.15) is 55.3 Å². The predicted octanol–water partition coefficient (Wildman–Crippen LogP) is 4.30. The van der Waals surface area contributed by atoms with Crippen LogP contribution in [0.3, 0.4) is 0 Å². The second kappa shape index (κ2) is 12.9. The number of fused-ring (bicyclic) bond motifs is 2. The third-order valence-corrected chi connectivity index (χ3v) is 11.2. The minimum Gasteiger partial charge on any atom is -0.496 e. The number of rotatable bonds is 10. The monoisotopic (exact) mass is 686 g/mol. The SMILES string of the molecule is COc1cc(F)c(OC2CCC(CO)(C(=O)O)CC2)cc1C(=O)N[C@@H]1[C@H]2CC[C@H](C2)[C@@H]1C(=O)Nc1cccc(S(=O)(=O)C(F)(F)F)c1. The topological polar surface area (TPSA) is 168 Å². The smallest absolute Gasteiger partial charge is 0.496 e. The fourth-order valence-electron chi connectivity index (χ4n) is 7.06. The summed E-state index contributed by atoms with van der Waals surface area (Å²) < 4.78 is 89.1. The molecule has 0 unspecified atom stereocenters. The summed E-state index contributed by atoms with van der Waals surface area (Å²) in [6, 6.07) is 5.31. The van der Waals surface area contributed by atoms with Crippen molar-refractivity contribution in [2.24, 2.45) is 23.2 Å². The maximum atomic E-state index is 15.0. The van der Waals surface area contributed by atoms with E-state index < -0.39 is 73.9 Å². The van der Waals surface area contributed by atoms with Gasteiger partial charge in [-0.1, -0.05) is 6.07 Å². The molecule has 0 aliphatic heterocycles. The number of amides is 2. The molecule has 47 heavy (non-hydrogen) atoms. The van der Waals surface area contributed by atoms with Crippen LogP contribution in [0.4, 0.5) is 23.2 Å². The number of carbonyl (C=O) groups excluding carboxylic acids is 2. The zero-order chi connectivity index (χ0) is 34.3. The number of hydrogen-bond acceptors (Lipinski definition) is 8. The Kier molecular flexibility index (Phi) is 9.48. The van der Waals surface area contributed by atoms with Crippen molar-refractivity contribution in [1.82, 2.24) is 5.32 Å². The first kappa shape index (κ1) is 34.4. The molecule has 256 valence electrons. The molecule has 0 spiro atoms. The first-order chi connectivity index (χ1) is 22.1. The summed E-state index contributed by atoms with van der Waals surface area (Å²) in [4.78, 5) is 37.7. The number of carbonyl (C=O) groups is 3. The van der Waals surface area contributed by atoms with Crippen molar-refractivity contribution in [3.8, 4) is 11.5 Å². The van der Waals surface area contributed by atoms with Crippen LogP contribution in [0.2, 0.25) is 0 Å². The third kappa shape index (κ3) is 6.62. The standard InChI is InChI=1S/C31H34F4N2O9S/c1-45-23-14-22(32)24(46-19-7-9-30(15-38,10-8-19)29(41)42)13-21(23)27(39)37-26-17-6-5-16(11-17)25(26)28(40)36-18-3-2-4-20(12-18)47(43,44)31(33,34)35/h2-4,12-14,16-17,19,25-26,38H,5-11,15H2,1H3,(H,36,40)(H,37,39)(H,41,42)/t16-,17+,19?,25+,26-,30?/m1/s1. The number of methoxy groups -OCH3 is 1. The lowest BCUT2D eigenvalue weighted by molar-refractivity contribution is -0.155. The minimum atomic E-state index is -5.64. The lowest BCUT2D eigenvalue weighted by atomic mass is 9.74. The Balaban J connectivity index is 1.32. The van der Waals surface area contributed by atoms with E-state index in [-0.39, 0.29) is 60.3 Å². The number of sulfone groups is 1. The molecule has 11 nitrogen and oxygen atoms in total. The van der Waals surface area contributed by atoms with Crippen LogP contribution in [0, 0.1) is 29.0 Å². The maximum absolute atomic E-state index is 15.0. The van der Waals surface area contributed by atoms with Crippen LogP contribution >= 0.6 is 0 Å². The highest BCUT2D eigenvalue weighted by molar-refractivity contribution is 7.92. The molecule has 3 fully saturated rings. The molecule has 16 heteroatoms. The zero-order valence-electron chi connectivity index (χ0n) is 25.2. The van der Waals surface area contributed by atoms with Gasteiger partial charge in [-0.05, 0) is 81.0 Å². The van der Waals surface area contributed by atoms with Crippen molar-refractivity contribution in [3.05, 3.63) is 47.8 Å². The van der Waals surface area contributed by atoms with Gasteiger partial charge < -0.3 is 30.3 Å². The lowest BCUT2D eigenvalue weighted by Crippen LogP contribution is -2.48. The molecule has 4 atom stereocenters. The molecular formula is C31H34F4N2O9S. The zero-order valence-corrected chi connectivity index (χ0v) is 26.0. The highest BCUT2D eigenvalue weighted by Gasteiger charge is 2.52. The number of carboxylic acids is 1. The number of ether oxygens (including phenoxy) is 2. The molecule has 0 aromatic heterocycles. The van der Waals surface area contributed by atoms with E-state index in [0.717, 1.165) is 24.3 Å². The van der Waals surface area contributed by atoms with Crippen LogP contribution < -0.4 is 20.1 Å². The normalized spacial score (nSPS) is 27.2. The van der Waals surface area contributed by atoms with Gasteiger partial charge >= 0.3 is 11.5 Å². The Bertz CT molecular complexity index is 1660. The molecule has 2 bridgehead atoms. The van der Waals surface area contributed by atoms with E-state index in [1.165, 1.54) is 19.2 Å². The number of alkyl halides is 3. The summed E-state index contributed by atoms with van der Waals surface area (Å²) in [7, 11) is -4.40. The average molecular weight is 687 g/mol. The molecule has 0 heterocycles. The summed E-state index contributed by atoms with van der Waals surface area (Å²) in [5, 5.41) is 24.5. The van der Waals surface area contributed by atoms with Gasteiger partial charge in [0.1, 0.15) is 5.75 Å². The quantitative estimate of drug-likeness (QED) is 0.267. The van der Waals surface area contributed by atoms with Gasteiger partial charge in [-0.15, -0.1) is 0 Å². The van der Waals surface area contributed by atoms with Gasteiger partial charge in [0.25, 0.3) is 15.7 Å². The highest BCUT2D eigenvalue weighted by Crippen LogP contribution is 2.49. The Hall–Kier alpha value is -3.92. The Morgan fingerprint density at radius 2 is 1.70 bits per heavy atom. The first-order valence-corrected chi connectivity index (χ1v) is 16.5. The molecule has 0 saturated heterocycles. The summed E-state index contributed by atoms with van der Waals surface area (Å²) in [5.74, 6) is -4.62. The molecule has 3 aliphatic rings. The van der Waals surface area contributed by atoms with Crippen molar-refractivity contribution in [3.63, 3.8) is 0 Å². The van der Waals surface area contributed by atoms with Crippen LogP contribution in [0.25, 0.3) is 0 Å². The van der Waals surface area contributed by atoms with Crippen LogP contribution in [0.5, 0.6) is 11.5 Å². The van der Waals surface area contributed by atoms with Gasteiger partial charge in [-0.3, -0.25) is 14.4 Å². The minimum absolute atomic E-state index is 0.0815. The van der Waals surface area contributed by atoms with E-state index >= 15 is 4.39 Å². The van der Waals surface area contributed by atoms with Gasteiger partial charge in [0.05, 0.1) is 41.6 Å². The van der Waals surface area contributed by atoms with Crippen molar-refractivity contribution in [2.45, 2.75) is 67.5 Å². The number of aliphatic carboxylic acids is 1. The predicted molar refractivity (Wildman–Crippen MR) is 157 cm³/mol. The van der Waals surface area contributed by atoms with Crippen molar-refractivity contribution in [2.75, 3.05) is 19.0 Å². The number of benzene rings is 2. The number of aliphatic hydroxyl groups is 1. The second-order valence-electron chi connectivity index (χ2n) is 12.4. The van der Waals surface area contributed by atoms with Crippen LogP contribution in [-0.2, 0) is 19.4 Å². The fourth-order valence-corrected chi connectivity index (χ4v) is 7.87. The van der Waals surface area contributed by atoms with Gasteiger partial charge in [0.15, 0.2) is 11.6 Å². The first-order valence-electron chi connectivity index (χ1n) is 15.0. The maximum Gasteiger partial charge on any atom is 0.501 e. The van der Waals surface area contributed by atoms with Crippen LogP contribution in [0.15, 0.2) is 41.3 Å². The summed E-state index contributed by atoms with van der Waals surface area (Å²) in [6.07, 6.45) is 2.11. The summed E-state index contributed by atoms with van der Waals surface area (Å²) in [5.41, 5.74) is -7.06. The van der Waals surface area contributed by atoms with Gasteiger partial charge in [-0.2, -0.15) is 13.2 Å². The van der Waals surface area contributed by atoms with Crippen LogP contribution in [-0.4, -0.2) is 67.8 Å². The van der Waals surface area contributed by atoms with E-state index in [4.69, 9.17) is 9.47 Å². The van der Waals surface area contributed by atoms with E-state index in [2.05, 4.69) is 10.6 Å². The molecule has 3 aliphatic carbocycles. The molecular weight excluding hydrogens is 652 g/mol. The number of hydrogen-bond donors (Lipinski definition) is 4. The van der Waals surface area contributed by atoms with Gasteiger partial charge in [0.2, 0.25) is 5.91 Å². The number of anilines is 1. The molecule has 3 saturated carbocycles. The Morgan fingerprint density at radius 3 is 2.32 bits per heavy atom. The fraction of sp³-hybridized carbons (Fsp3) is 0.516. The Labute approximate surface area is 267 Å². The molecule has 5 rings (SSSR count). The molecule has 4 N–H and O–H groups in total. The van der Waals surface area contributed by atoms with E-state index in [0.29, 0.717) is 19.3 Å². The summed E-state index contributed by atoms with van der Waals surface area (Å²) in [6.45, 7) is -0.537. The van der Waals surface area contributed by atoms with Crippen molar-refractivity contribution in [1.29, 1.82) is 0 Å². The van der Waals surface area contributed by atoms with E-state index in [9.17, 15) is 46.2 Å². The van der Waals surface area contributed by atoms with Gasteiger partial charge in [-0.25, -0.2) is 12.8 Å². The molecule has 2 amide bonds. The largest absolute Gasteiger partial charge is 0.501 e. The van der Waals surface area contributed by atoms with Crippen molar-refractivity contribution < 1.29 is 60.0 Å². The summed E-state index contributed by atoms with van der Waals surface area (Å²) >= 11 is 0. The number of nitrogens with one attached hydrogen (secondary N) is 2. The second-order valence-corrected chi connectivity index (χ2v) is 14.3. The highest BCUT2D eigenvalue weighted by atomic mass is 32.2. The van der Waals surface area contributed by atoms with E-state index in [1.54, 1.807) is 0 Å². The third-order valence-electron chi connectivity index (χ3n) is 9.67. The van der Waals surface area contributed by atoms with Crippen molar-refractivity contribution >= 4 is 33.3 Å². The molecule has 2 aromatic carbocycles. The molecule has 2 aromatic rings. The number of aliphatic hydroxyl groups excluding tert-OH is 1. The molecule has 0 radical (unpaired) electrons. The number of carboxylic acid groups (broad SMARTS) is 1. The van der Waals surface area contributed by atoms with Gasteiger partial charge in [0, 0.05) is 17.8 Å². The van der Waals surface area contributed by atoms with E-state index in [1.807, 2.05) is 0 Å². The Morgan fingerprint density at radius 1 is 1.02 bits per heavy atom. The number of halogens is 4. The average Bonchev–Trinajstić information content (AvgIpc) is 3.64. The lowest BCUT2D eigenvalue weighted by Gasteiger charge is -2.35.